The van der Waals surface area contributed by atoms with Gasteiger partial charge in [-0.15, -0.1) is 0 Å². The number of methoxy groups -OCH3 is 1. The lowest BCUT2D eigenvalue weighted by Crippen LogP contribution is -2.41. The molecule has 10 nitrogen and oxygen atoms in total. The summed E-state index contributed by atoms with van der Waals surface area (Å²) in [7, 11) is 3.63. The van der Waals surface area contributed by atoms with E-state index in [1.54, 1.807) is 19.4 Å². The minimum atomic E-state index is -0.141. The van der Waals surface area contributed by atoms with Gasteiger partial charge in [-0.1, -0.05) is 0 Å². The number of ether oxygens (including phenoxy) is 1. The van der Waals surface area contributed by atoms with Crippen molar-refractivity contribution in [3.63, 3.8) is 0 Å². The molecule has 1 aromatic carbocycles. The number of hydrogen-bond donors (Lipinski definition) is 2. The number of piperidine rings is 1. The van der Waals surface area contributed by atoms with Crippen LogP contribution in [0.15, 0.2) is 53.5 Å². The van der Waals surface area contributed by atoms with Crippen LogP contribution in [-0.2, 0) is 13.6 Å². The van der Waals surface area contributed by atoms with Crippen LogP contribution in [0.2, 0.25) is 0 Å². The van der Waals surface area contributed by atoms with Gasteiger partial charge in [-0.3, -0.25) is 9.59 Å². The maximum Gasteiger partial charge on any atom is 0.254 e. The highest BCUT2D eigenvalue weighted by molar-refractivity contribution is 6.00. The van der Waals surface area contributed by atoms with Crippen molar-refractivity contribution in [3.05, 3.63) is 64.6 Å². The van der Waals surface area contributed by atoms with E-state index in [4.69, 9.17) is 20.4 Å². The standard InChI is InChI=1S/C32H33N7O3/c1-37-29-23(11-21(13-26(29)42-2)32(41)39-16-20-6-9-24(39)28(20)33)36-31(37)25-12-18-5-8-22(19-7-10-27(40)34-14-19)35-30(18)38(25)15-17-3-4-17/h5,7-8,10-14,17,20,24,28H,3-4,6,9,15-16,33H2,1-2H3,(H,34,40)/t20?,24?,28-/m1/s1. The molecule has 0 radical (unpaired) electrons. The third-order valence-corrected chi connectivity index (χ3v) is 9.51. The van der Waals surface area contributed by atoms with Crippen LogP contribution in [0.4, 0.5) is 0 Å². The molecule has 1 aliphatic heterocycles. The third kappa shape index (κ3) is 3.88. The molecular formula is C32H33N7O3. The van der Waals surface area contributed by atoms with Crippen LogP contribution in [0.1, 0.15) is 36.0 Å². The van der Waals surface area contributed by atoms with E-state index in [2.05, 4.69) is 26.3 Å². The first-order valence-electron chi connectivity index (χ1n) is 14.7. The number of aromatic amines is 1. The van der Waals surface area contributed by atoms with E-state index in [1.165, 1.54) is 18.9 Å². The van der Waals surface area contributed by atoms with E-state index >= 15 is 0 Å². The molecule has 1 saturated heterocycles. The van der Waals surface area contributed by atoms with Gasteiger partial charge in [0.1, 0.15) is 16.9 Å². The number of pyridine rings is 2. The van der Waals surface area contributed by atoms with E-state index in [1.807, 2.05) is 30.1 Å². The summed E-state index contributed by atoms with van der Waals surface area (Å²) in [6, 6.07) is 13.4. The molecule has 2 aliphatic carbocycles. The Morgan fingerprint density at radius 2 is 1.95 bits per heavy atom. The summed E-state index contributed by atoms with van der Waals surface area (Å²) in [6.07, 6.45) is 6.15. The van der Waals surface area contributed by atoms with Gasteiger partial charge in [0.2, 0.25) is 5.56 Å². The van der Waals surface area contributed by atoms with Crippen molar-refractivity contribution in [1.29, 1.82) is 0 Å². The van der Waals surface area contributed by atoms with Crippen molar-refractivity contribution in [2.24, 2.45) is 24.6 Å². The lowest BCUT2D eigenvalue weighted by Gasteiger charge is -2.27. The molecule has 42 heavy (non-hydrogen) atoms. The number of imidazole rings is 1. The maximum absolute atomic E-state index is 13.7. The van der Waals surface area contributed by atoms with Crippen molar-refractivity contribution >= 4 is 28.0 Å². The molecule has 3 N–H and O–H groups in total. The predicted octanol–water partition coefficient (Wildman–Crippen LogP) is 3.93. The molecular weight excluding hydrogens is 530 g/mol. The van der Waals surface area contributed by atoms with Gasteiger partial charge in [-0.05, 0) is 73.9 Å². The zero-order chi connectivity index (χ0) is 28.7. The Labute approximate surface area is 242 Å². The first-order valence-corrected chi connectivity index (χ1v) is 14.7. The topological polar surface area (TPSA) is 124 Å². The van der Waals surface area contributed by atoms with Gasteiger partial charge < -0.3 is 29.5 Å². The summed E-state index contributed by atoms with van der Waals surface area (Å²) in [6.45, 7) is 1.57. The Morgan fingerprint density at radius 1 is 1.10 bits per heavy atom. The lowest BCUT2D eigenvalue weighted by atomic mass is 10.1. The normalized spacial score (nSPS) is 21.6. The summed E-state index contributed by atoms with van der Waals surface area (Å²) >= 11 is 0. The Bertz CT molecular complexity index is 1930. The minimum Gasteiger partial charge on any atom is -0.494 e. The first-order chi connectivity index (χ1) is 20.4. The second kappa shape index (κ2) is 9.29. The molecule has 0 spiro atoms. The highest BCUT2D eigenvalue weighted by Crippen LogP contribution is 2.40. The van der Waals surface area contributed by atoms with E-state index in [0.717, 1.165) is 58.7 Å². The Hall–Kier alpha value is -4.44. The zero-order valence-electron chi connectivity index (χ0n) is 23.7. The molecule has 2 unspecified atom stereocenters. The molecule has 5 heterocycles. The van der Waals surface area contributed by atoms with E-state index < -0.39 is 0 Å². The molecule has 2 saturated carbocycles. The van der Waals surface area contributed by atoms with Crippen molar-refractivity contribution in [2.45, 2.75) is 44.3 Å². The quantitative estimate of drug-likeness (QED) is 0.323. The number of carbonyl (C=O) groups is 1. The van der Waals surface area contributed by atoms with Crippen LogP contribution >= 0.6 is 0 Å². The number of H-pyrrole nitrogens is 1. The van der Waals surface area contributed by atoms with Crippen molar-refractivity contribution in [2.75, 3.05) is 13.7 Å². The number of nitrogens with zero attached hydrogens (tertiary/aromatic N) is 5. The van der Waals surface area contributed by atoms with Gasteiger partial charge in [0.15, 0.2) is 5.82 Å². The number of aryl methyl sites for hydroxylation is 1. The number of nitrogens with two attached hydrogens (primary N) is 1. The maximum atomic E-state index is 13.7. The average molecular weight is 564 g/mol. The molecule has 5 aromatic rings. The number of likely N-dealkylation sites (tertiary alicyclic amines) is 1. The van der Waals surface area contributed by atoms with Crippen LogP contribution in [0.5, 0.6) is 5.75 Å². The van der Waals surface area contributed by atoms with E-state index in [-0.39, 0.29) is 23.6 Å². The molecule has 8 rings (SSSR count). The Balaban J connectivity index is 1.24. The van der Waals surface area contributed by atoms with Gasteiger partial charge in [0, 0.05) is 61.0 Å². The van der Waals surface area contributed by atoms with Gasteiger partial charge in [-0.25, -0.2) is 9.97 Å². The number of benzene rings is 1. The van der Waals surface area contributed by atoms with Crippen LogP contribution in [-0.4, -0.2) is 60.6 Å². The second-order valence-corrected chi connectivity index (χ2v) is 12.1. The predicted molar refractivity (Wildman–Crippen MR) is 160 cm³/mol. The number of nitrogens with one attached hydrogen (secondary N) is 1. The fourth-order valence-corrected chi connectivity index (χ4v) is 7.05. The molecule has 4 aromatic heterocycles. The molecule has 10 heteroatoms. The van der Waals surface area contributed by atoms with Crippen molar-refractivity contribution in [1.82, 2.24) is 29.0 Å². The number of hydrogen-bond acceptors (Lipinski definition) is 6. The highest BCUT2D eigenvalue weighted by atomic mass is 16.5. The number of fused-ring (bicyclic) bond motifs is 4. The van der Waals surface area contributed by atoms with Crippen LogP contribution in [0.3, 0.4) is 0 Å². The zero-order valence-corrected chi connectivity index (χ0v) is 23.7. The number of carbonyl (C=O) groups excluding carboxylic acids is 1. The number of rotatable bonds is 6. The third-order valence-electron chi connectivity index (χ3n) is 9.51. The van der Waals surface area contributed by atoms with Crippen LogP contribution < -0.4 is 16.0 Å². The summed E-state index contributed by atoms with van der Waals surface area (Å²) in [4.78, 5) is 40.1. The average Bonchev–Trinajstić information content (AvgIpc) is 3.41. The van der Waals surface area contributed by atoms with E-state index in [9.17, 15) is 9.59 Å². The summed E-state index contributed by atoms with van der Waals surface area (Å²) in [5.41, 5.74) is 11.9. The SMILES string of the molecule is COc1cc(C(=O)N2CC3CCC2[C@@H]3N)cc2nc(-c3cc4ccc(-c5ccc(=O)[nH]c5)nc4n3CC3CC3)n(C)c12. The van der Waals surface area contributed by atoms with Crippen molar-refractivity contribution < 1.29 is 9.53 Å². The van der Waals surface area contributed by atoms with Gasteiger partial charge in [-0.2, -0.15) is 0 Å². The summed E-state index contributed by atoms with van der Waals surface area (Å²) in [5, 5.41) is 1.02. The molecule has 214 valence electrons. The van der Waals surface area contributed by atoms with Gasteiger partial charge in [0.25, 0.3) is 5.91 Å². The highest BCUT2D eigenvalue weighted by Gasteiger charge is 2.47. The largest absolute Gasteiger partial charge is 0.494 e. The monoisotopic (exact) mass is 563 g/mol. The first kappa shape index (κ1) is 25.3. The molecule has 2 bridgehead atoms. The van der Waals surface area contributed by atoms with Gasteiger partial charge >= 0.3 is 0 Å². The molecule has 1 amide bonds. The van der Waals surface area contributed by atoms with Crippen LogP contribution in [0, 0.1) is 11.8 Å². The lowest BCUT2D eigenvalue weighted by molar-refractivity contribution is 0.0700. The minimum absolute atomic E-state index is 0.00751. The molecule has 3 atom stereocenters. The summed E-state index contributed by atoms with van der Waals surface area (Å²) < 4.78 is 10.2. The fraction of sp³-hybridized carbons (Fsp3) is 0.375. The second-order valence-electron chi connectivity index (χ2n) is 12.1. The van der Waals surface area contributed by atoms with Crippen molar-refractivity contribution in [3.8, 4) is 28.5 Å². The molecule has 3 fully saturated rings. The number of aromatic nitrogens is 5. The van der Waals surface area contributed by atoms with Crippen LogP contribution in [0.25, 0.3) is 44.8 Å². The Kier molecular flexibility index (Phi) is 5.59. The fourth-order valence-electron chi connectivity index (χ4n) is 7.05. The Morgan fingerprint density at radius 3 is 2.64 bits per heavy atom. The summed E-state index contributed by atoms with van der Waals surface area (Å²) in [5.74, 6) is 2.39. The molecule has 3 aliphatic rings. The van der Waals surface area contributed by atoms with E-state index in [0.29, 0.717) is 35.2 Å². The smallest absolute Gasteiger partial charge is 0.254 e. The number of amides is 1. The van der Waals surface area contributed by atoms with Gasteiger partial charge in [0.05, 0.1) is 24.0 Å².